The summed E-state index contributed by atoms with van der Waals surface area (Å²) in [5.74, 6) is -1.47. The smallest absolute Gasteiger partial charge is 0.128 e. The lowest BCUT2D eigenvalue weighted by molar-refractivity contribution is 0.587. The van der Waals surface area contributed by atoms with E-state index < -0.39 is 17.5 Å². The van der Waals surface area contributed by atoms with Crippen molar-refractivity contribution in [3.8, 4) is 0 Å². The van der Waals surface area contributed by atoms with Gasteiger partial charge in [0.2, 0.25) is 0 Å². The first-order chi connectivity index (χ1) is 8.56. The van der Waals surface area contributed by atoms with E-state index >= 15 is 0 Å². The Morgan fingerprint density at radius 2 is 1.61 bits per heavy atom. The summed E-state index contributed by atoms with van der Waals surface area (Å²) < 4.78 is 39.1. The molecule has 5 heteroatoms. The van der Waals surface area contributed by atoms with Crippen molar-refractivity contribution in [2.75, 3.05) is 11.1 Å². The van der Waals surface area contributed by atoms with E-state index in [1.165, 1.54) is 12.1 Å². The van der Waals surface area contributed by atoms with Gasteiger partial charge in [0.05, 0.1) is 11.4 Å². The van der Waals surface area contributed by atoms with Gasteiger partial charge < -0.3 is 11.1 Å². The molecule has 2 aromatic rings. The summed E-state index contributed by atoms with van der Waals surface area (Å²) in [5, 5.41) is 2.83. The number of rotatable bonds is 3. The molecule has 0 aliphatic carbocycles. The second-order valence-corrected chi connectivity index (χ2v) is 3.82. The van der Waals surface area contributed by atoms with Gasteiger partial charge >= 0.3 is 0 Å². The molecule has 0 amide bonds. The van der Waals surface area contributed by atoms with Crippen LogP contribution < -0.4 is 11.1 Å². The molecule has 0 unspecified atom stereocenters. The Labute approximate surface area is 102 Å². The quantitative estimate of drug-likeness (QED) is 0.822. The molecule has 0 heterocycles. The minimum absolute atomic E-state index is 0.0689. The lowest BCUT2D eigenvalue weighted by Crippen LogP contribution is -2.04. The number of nitrogen functional groups attached to an aromatic ring is 1. The maximum absolute atomic E-state index is 13.3. The van der Waals surface area contributed by atoms with Crippen LogP contribution in [0.4, 0.5) is 24.5 Å². The topological polar surface area (TPSA) is 38.0 Å². The molecule has 0 aliphatic rings. The molecule has 2 nitrogen and oxygen atoms in total. The summed E-state index contributed by atoms with van der Waals surface area (Å²) in [6, 6.07) is 7.04. The first-order valence-corrected chi connectivity index (χ1v) is 5.29. The van der Waals surface area contributed by atoms with Crippen LogP contribution in [0.1, 0.15) is 5.56 Å². The van der Waals surface area contributed by atoms with Crippen molar-refractivity contribution in [3.05, 3.63) is 59.4 Å². The van der Waals surface area contributed by atoms with E-state index in [4.69, 9.17) is 5.73 Å². The monoisotopic (exact) mass is 252 g/mol. The van der Waals surface area contributed by atoms with Crippen LogP contribution in [0.25, 0.3) is 0 Å². The first kappa shape index (κ1) is 12.3. The Morgan fingerprint density at radius 1 is 0.944 bits per heavy atom. The van der Waals surface area contributed by atoms with Gasteiger partial charge in [-0.05, 0) is 36.4 Å². The van der Waals surface area contributed by atoms with Crippen molar-refractivity contribution < 1.29 is 13.2 Å². The SMILES string of the molecule is Nc1cc(F)ccc1NCc1cc(F)ccc1F. The molecule has 0 atom stereocenters. The van der Waals surface area contributed by atoms with E-state index in [1.54, 1.807) is 0 Å². The molecule has 0 radical (unpaired) electrons. The number of nitrogens with one attached hydrogen (secondary N) is 1. The Balaban J connectivity index is 2.13. The second-order valence-electron chi connectivity index (χ2n) is 3.82. The van der Waals surface area contributed by atoms with Crippen LogP contribution >= 0.6 is 0 Å². The number of hydrogen-bond donors (Lipinski definition) is 2. The van der Waals surface area contributed by atoms with Gasteiger partial charge in [-0.3, -0.25) is 0 Å². The number of hydrogen-bond acceptors (Lipinski definition) is 2. The van der Waals surface area contributed by atoms with Crippen LogP contribution in [0.2, 0.25) is 0 Å². The third-order valence-electron chi connectivity index (χ3n) is 2.49. The third kappa shape index (κ3) is 2.74. The van der Waals surface area contributed by atoms with Crippen molar-refractivity contribution in [2.45, 2.75) is 6.54 Å². The molecule has 2 rings (SSSR count). The predicted molar refractivity (Wildman–Crippen MR) is 64.5 cm³/mol. The molecule has 0 saturated carbocycles. The summed E-state index contributed by atoms with van der Waals surface area (Å²) in [6.07, 6.45) is 0. The van der Waals surface area contributed by atoms with Gasteiger partial charge in [0, 0.05) is 12.1 Å². The number of halogens is 3. The fourth-order valence-electron chi connectivity index (χ4n) is 1.56. The van der Waals surface area contributed by atoms with E-state index in [9.17, 15) is 13.2 Å². The number of benzene rings is 2. The maximum atomic E-state index is 13.3. The van der Waals surface area contributed by atoms with E-state index in [0.29, 0.717) is 5.69 Å². The van der Waals surface area contributed by atoms with Gasteiger partial charge in [0.1, 0.15) is 17.5 Å². The predicted octanol–water partition coefficient (Wildman–Crippen LogP) is 3.30. The molecule has 0 fully saturated rings. The summed E-state index contributed by atoms with van der Waals surface area (Å²) in [6.45, 7) is 0.0689. The third-order valence-corrected chi connectivity index (χ3v) is 2.49. The zero-order chi connectivity index (χ0) is 13.1. The average Bonchev–Trinajstić information content (AvgIpc) is 2.32. The van der Waals surface area contributed by atoms with Crippen LogP contribution in [-0.4, -0.2) is 0 Å². The summed E-state index contributed by atoms with van der Waals surface area (Å²) in [4.78, 5) is 0. The molecule has 2 aromatic carbocycles. The van der Waals surface area contributed by atoms with Crippen LogP contribution in [0.3, 0.4) is 0 Å². The minimum Gasteiger partial charge on any atom is -0.397 e. The van der Waals surface area contributed by atoms with Crippen molar-refractivity contribution in [1.29, 1.82) is 0 Å². The Kier molecular flexibility index (Phi) is 3.41. The van der Waals surface area contributed by atoms with Crippen LogP contribution in [-0.2, 0) is 6.54 Å². The fraction of sp³-hybridized carbons (Fsp3) is 0.0769. The van der Waals surface area contributed by atoms with Gasteiger partial charge in [-0.2, -0.15) is 0 Å². The first-order valence-electron chi connectivity index (χ1n) is 5.29. The van der Waals surface area contributed by atoms with Crippen molar-refractivity contribution in [3.63, 3.8) is 0 Å². The van der Waals surface area contributed by atoms with Crippen LogP contribution in [0.5, 0.6) is 0 Å². The largest absolute Gasteiger partial charge is 0.397 e. The number of anilines is 2. The van der Waals surface area contributed by atoms with E-state index in [1.807, 2.05) is 0 Å². The minimum atomic E-state index is -0.514. The molecule has 0 saturated heterocycles. The van der Waals surface area contributed by atoms with Gasteiger partial charge in [-0.25, -0.2) is 13.2 Å². The highest BCUT2D eigenvalue weighted by Gasteiger charge is 2.05. The highest BCUT2D eigenvalue weighted by Crippen LogP contribution is 2.20. The van der Waals surface area contributed by atoms with Crippen molar-refractivity contribution in [2.24, 2.45) is 0 Å². The lowest BCUT2D eigenvalue weighted by Gasteiger charge is -2.10. The highest BCUT2D eigenvalue weighted by atomic mass is 19.1. The van der Waals surface area contributed by atoms with Gasteiger partial charge in [0.25, 0.3) is 0 Å². The van der Waals surface area contributed by atoms with E-state index in [2.05, 4.69) is 5.32 Å². The molecule has 3 N–H and O–H groups in total. The normalized spacial score (nSPS) is 10.4. The van der Waals surface area contributed by atoms with E-state index in [0.717, 1.165) is 24.3 Å². The van der Waals surface area contributed by atoms with Crippen molar-refractivity contribution in [1.82, 2.24) is 0 Å². The Bertz CT molecular complexity index is 570. The molecule has 0 spiro atoms. The van der Waals surface area contributed by atoms with E-state index in [-0.39, 0.29) is 17.8 Å². The fourth-order valence-corrected chi connectivity index (χ4v) is 1.56. The molecule has 94 valence electrons. The molecule has 0 bridgehead atoms. The molecule has 0 aromatic heterocycles. The van der Waals surface area contributed by atoms with Gasteiger partial charge in [0.15, 0.2) is 0 Å². The molecule has 18 heavy (non-hydrogen) atoms. The summed E-state index contributed by atoms with van der Waals surface area (Å²) in [7, 11) is 0. The van der Waals surface area contributed by atoms with Gasteiger partial charge in [-0.1, -0.05) is 0 Å². The Morgan fingerprint density at radius 3 is 2.33 bits per heavy atom. The molecular weight excluding hydrogens is 241 g/mol. The molecule has 0 aliphatic heterocycles. The summed E-state index contributed by atoms with van der Waals surface area (Å²) in [5.41, 5.74) is 6.45. The highest BCUT2D eigenvalue weighted by molar-refractivity contribution is 5.65. The van der Waals surface area contributed by atoms with Gasteiger partial charge in [-0.15, -0.1) is 0 Å². The van der Waals surface area contributed by atoms with Crippen LogP contribution in [0.15, 0.2) is 36.4 Å². The zero-order valence-electron chi connectivity index (χ0n) is 9.38. The maximum Gasteiger partial charge on any atom is 0.128 e. The average molecular weight is 252 g/mol. The number of nitrogens with two attached hydrogens (primary N) is 1. The zero-order valence-corrected chi connectivity index (χ0v) is 9.38. The second kappa shape index (κ2) is 5.00. The Hall–Kier alpha value is -2.17. The lowest BCUT2D eigenvalue weighted by atomic mass is 10.2. The van der Waals surface area contributed by atoms with Crippen molar-refractivity contribution >= 4 is 11.4 Å². The molecular formula is C13H11F3N2. The standard InChI is InChI=1S/C13H11F3N2/c14-9-1-3-11(16)8(5-9)7-18-13-4-2-10(15)6-12(13)17/h1-6,18H,7,17H2. The van der Waals surface area contributed by atoms with Crippen LogP contribution in [0, 0.1) is 17.5 Å². The summed E-state index contributed by atoms with van der Waals surface area (Å²) >= 11 is 0.